The monoisotopic (exact) mass is 336 g/mol. The minimum Gasteiger partial charge on any atom is -0.321 e. The Hall–Kier alpha value is -2.37. The number of anilines is 1. The third-order valence-electron chi connectivity index (χ3n) is 2.76. The zero-order valence-electron chi connectivity index (χ0n) is 11.1. The molecule has 1 N–H and O–H groups in total. The van der Waals surface area contributed by atoms with Crippen molar-refractivity contribution in [3.05, 3.63) is 74.3 Å². The Balaban J connectivity index is 2.16. The molecule has 0 aliphatic heterocycles. The van der Waals surface area contributed by atoms with E-state index in [-0.39, 0.29) is 10.7 Å². The van der Waals surface area contributed by atoms with E-state index < -0.39 is 10.8 Å². The number of nitro groups is 1. The molecule has 1 amide bonds. The van der Waals surface area contributed by atoms with E-state index in [9.17, 15) is 14.9 Å². The number of carbonyl (C=O) groups excluding carboxylic acids is 1. The summed E-state index contributed by atoms with van der Waals surface area (Å²) in [6, 6.07) is 11.0. The molecular weight excluding hydrogens is 327 g/mol. The van der Waals surface area contributed by atoms with Gasteiger partial charge in [0.1, 0.15) is 0 Å². The molecule has 0 fully saturated rings. The number of nitro benzene ring substituents is 1. The number of nitrogens with one attached hydrogen (secondary N) is 1. The zero-order chi connectivity index (χ0) is 16.1. The van der Waals surface area contributed by atoms with Crippen molar-refractivity contribution in [2.24, 2.45) is 0 Å². The number of benzene rings is 2. The molecule has 0 atom stereocenters. The van der Waals surface area contributed by atoms with Gasteiger partial charge in [-0.1, -0.05) is 41.4 Å². The minimum absolute atomic E-state index is 0.0765. The molecule has 112 valence electrons. The number of hydrogen-bond donors (Lipinski definition) is 1. The van der Waals surface area contributed by atoms with Crippen LogP contribution in [0.1, 0.15) is 5.56 Å². The number of rotatable bonds is 4. The van der Waals surface area contributed by atoms with Gasteiger partial charge in [-0.05, 0) is 24.3 Å². The number of nitrogens with zero attached hydrogens (tertiary/aromatic N) is 1. The van der Waals surface area contributed by atoms with Crippen LogP contribution in [0.4, 0.5) is 11.4 Å². The van der Waals surface area contributed by atoms with Crippen LogP contribution < -0.4 is 5.32 Å². The largest absolute Gasteiger partial charge is 0.321 e. The average molecular weight is 337 g/mol. The van der Waals surface area contributed by atoms with Crippen LogP contribution in [0.15, 0.2) is 48.5 Å². The van der Waals surface area contributed by atoms with Crippen LogP contribution in [0.3, 0.4) is 0 Å². The fourth-order valence-corrected chi connectivity index (χ4v) is 2.08. The van der Waals surface area contributed by atoms with E-state index in [2.05, 4.69) is 5.32 Å². The Morgan fingerprint density at radius 2 is 1.86 bits per heavy atom. The van der Waals surface area contributed by atoms with Gasteiger partial charge in [0.2, 0.25) is 5.91 Å². The molecule has 0 unspecified atom stereocenters. The summed E-state index contributed by atoms with van der Waals surface area (Å²) in [5.41, 5.74) is 0.624. The van der Waals surface area contributed by atoms with E-state index in [1.165, 1.54) is 18.2 Å². The summed E-state index contributed by atoms with van der Waals surface area (Å²) in [7, 11) is 0. The highest BCUT2D eigenvalue weighted by molar-refractivity contribution is 6.44. The summed E-state index contributed by atoms with van der Waals surface area (Å²) in [6.07, 6.45) is 2.56. The maximum Gasteiger partial charge on any atom is 0.276 e. The smallest absolute Gasteiger partial charge is 0.276 e. The molecule has 0 aliphatic carbocycles. The van der Waals surface area contributed by atoms with Crippen LogP contribution in [0.5, 0.6) is 0 Å². The van der Waals surface area contributed by atoms with Crippen LogP contribution in [0.25, 0.3) is 6.08 Å². The lowest BCUT2D eigenvalue weighted by Crippen LogP contribution is -2.08. The van der Waals surface area contributed by atoms with Gasteiger partial charge in [-0.15, -0.1) is 0 Å². The van der Waals surface area contributed by atoms with E-state index >= 15 is 0 Å². The number of carbonyl (C=O) groups is 1. The molecule has 0 saturated carbocycles. The Kier molecular flexibility index (Phi) is 5.14. The predicted octanol–water partition coefficient (Wildman–Crippen LogP) is 4.55. The number of para-hydroxylation sites is 1. The van der Waals surface area contributed by atoms with Crippen molar-refractivity contribution < 1.29 is 9.72 Å². The van der Waals surface area contributed by atoms with E-state index in [0.717, 1.165) is 0 Å². The molecule has 0 saturated heterocycles. The van der Waals surface area contributed by atoms with Gasteiger partial charge in [0, 0.05) is 12.1 Å². The highest BCUT2D eigenvalue weighted by atomic mass is 35.5. The highest BCUT2D eigenvalue weighted by Gasteiger charge is 2.10. The van der Waals surface area contributed by atoms with Gasteiger partial charge in [-0.3, -0.25) is 14.9 Å². The van der Waals surface area contributed by atoms with Crippen LogP contribution in [0, 0.1) is 10.1 Å². The summed E-state index contributed by atoms with van der Waals surface area (Å²) in [4.78, 5) is 22.2. The average Bonchev–Trinajstić information content (AvgIpc) is 2.50. The number of hydrogen-bond acceptors (Lipinski definition) is 3. The van der Waals surface area contributed by atoms with Crippen molar-refractivity contribution in [2.75, 3.05) is 5.32 Å². The van der Waals surface area contributed by atoms with E-state index in [4.69, 9.17) is 23.2 Å². The molecular formula is C15H10Cl2N2O3. The van der Waals surface area contributed by atoms with Gasteiger partial charge >= 0.3 is 0 Å². The normalized spacial score (nSPS) is 10.6. The molecule has 2 rings (SSSR count). The maximum atomic E-state index is 11.9. The molecule has 0 aliphatic rings. The molecule has 2 aromatic carbocycles. The van der Waals surface area contributed by atoms with Crippen molar-refractivity contribution in [2.45, 2.75) is 0 Å². The topological polar surface area (TPSA) is 72.2 Å². The summed E-state index contributed by atoms with van der Waals surface area (Å²) < 4.78 is 0. The molecule has 0 radical (unpaired) electrons. The Labute approximate surface area is 136 Å². The first kappa shape index (κ1) is 16.0. The standard InChI is InChI=1S/C15H10Cl2N2O3/c16-11-5-3-6-12(15(11)17)18-14(20)9-8-10-4-1-2-7-13(10)19(21)22/h1-9H,(H,18,20)/b9-8+. The van der Waals surface area contributed by atoms with Gasteiger partial charge in [0.15, 0.2) is 0 Å². The highest BCUT2D eigenvalue weighted by Crippen LogP contribution is 2.29. The van der Waals surface area contributed by atoms with Gasteiger partial charge in [0.05, 0.1) is 26.2 Å². The second-order valence-electron chi connectivity index (χ2n) is 4.24. The third-order valence-corrected chi connectivity index (χ3v) is 3.58. The summed E-state index contributed by atoms with van der Waals surface area (Å²) in [5, 5.41) is 14.0. The first-order valence-electron chi connectivity index (χ1n) is 6.15. The zero-order valence-corrected chi connectivity index (χ0v) is 12.6. The molecule has 0 aromatic heterocycles. The second-order valence-corrected chi connectivity index (χ2v) is 5.03. The second kappa shape index (κ2) is 7.06. The van der Waals surface area contributed by atoms with Crippen molar-refractivity contribution in [3.63, 3.8) is 0 Å². The lowest BCUT2D eigenvalue weighted by atomic mass is 10.1. The van der Waals surface area contributed by atoms with E-state index in [1.54, 1.807) is 36.4 Å². The SMILES string of the molecule is O=C(/C=C/c1ccccc1[N+](=O)[O-])Nc1cccc(Cl)c1Cl. The summed E-state index contributed by atoms with van der Waals surface area (Å²) in [5.74, 6) is -0.470. The van der Waals surface area contributed by atoms with Crippen molar-refractivity contribution >= 4 is 46.6 Å². The first-order chi connectivity index (χ1) is 10.5. The molecule has 2 aromatic rings. The van der Waals surface area contributed by atoms with Crippen molar-refractivity contribution in [1.29, 1.82) is 0 Å². The number of halogens is 2. The Bertz CT molecular complexity index is 760. The van der Waals surface area contributed by atoms with Gasteiger partial charge < -0.3 is 5.32 Å². The van der Waals surface area contributed by atoms with Crippen LogP contribution in [-0.4, -0.2) is 10.8 Å². The fraction of sp³-hybridized carbons (Fsp3) is 0. The van der Waals surface area contributed by atoms with Crippen LogP contribution in [-0.2, 0) is 4.79 Å². The number of amides is 1. The lowest BCUT2D eigenvalue weighted by molar-refractivity contribution is -0.385. The van der Waals surface area contributed by atoms with Gasteiger partial charge in [-0.2, -0.15) is 0 Å². The summed E-state index contributed by atoms with van der Waals surface area (Å²) >= 11 is 11.8. The predicted molar refractivity (Wildman–Crippen MR) is 87.2 cm³/mol. The van der Waals surface area contributed by atoms with Crippen molar-refractivity contribution in [3.8, 4) is 0 Å². The molecule has 0 bridgehead atoms. The molecule has 0 spiro atoms. The Morgan fingerprint density at radius 1 is 1.14 bits per heavy atom. The van der Waals surface area contributed by atoms with Gasteiger partial charge in [-0.25, -0.2) is 0 Å². The van der Waals surface area contributed by atoms with E-state index in [0.29, 0.717) is 16.3 Å². The molecule has 5 nitrogen and oxygen atoms in total. The van der Waals surface area contributed by atoms with Gasteiger partial charge in [0.25, 0.3) is 5.69 Å². The van der Waals surface area contributed by atoms with Crippen LogP contribution >= 0.6 is 23.2 Å². The van der Waals surface area contributed by atoms with Crippen molar-refractivity contribution in [1.82, 2.24) is 0 Å². The molecule has 7 heteroatoms. The summed E-state index contributed by atoms with van der Waals surface area (Å²) in [6.45, 7) is 0. The fourth-order valence-electron chi connectivity index (χ4n) is 1.73. The van der Waals surface area contributed by atoms with E-state index in [1.807, 2.05) is 0 Å². The third kappa shape index (κ3) is 3.84. The minimum atomic E-state index is -0.509. The molecule has 22 heavy (non-hydrogen) atoms. The first-order valence-corrected chi connectivity index (χ1v) is 6.91. The van der Waals surface area contributed by atoms with Crippen LogP contribution in [0.2, 0.25) is 10.0 Å². The maximum absolute atomic E-state index is 11.9. The lowest BCUT2D eigenvalue weighted by Gasteiger charge is -2.05. The molecule has 0 heterocycles. The Morgan fingerprint density at radius 3 is 2.59 bits per heavy atom. The quantitative estimate of drug-likeness (QED) is 0.505.